The van der Waals surface area contributed by atoms with E-state index in [-0.39, 0.29) is 17.3 Å². The molecule has 1 amide bonds. The zero-order valence-corrected chi connectivity index (χ0v) is 11.3. The Balaban J connectivity index is 2.26. The molecular weight excluding hydrogens is 277 g/mol. The monoisotopic (exact) mass is 291 g/mol. The van der Waals surface area contributed by atoms with E-state index in [1.54, 1.807) is 6.07 Å². The highest BCUT2D eigenvalue weighted by Gasteiger charge is 2.15. The van der Waals surface area contributed by atoms with Gasteiger partial charge in [-0.15, -0.1) is 0 Å². The van der Waals surface area contributed by atoms with Crippen molar-refractivity contribution in [2.75, 3.05) is 5.32 Å². The van der Waals surface area contributed by atoms with Gasteiger partial charge in [-0.1, -0.05) is 12.1 Å². The Hall–Kier alpha value is -2.83. The summed E-state index contributed by atoms with van der Waals surface area (Å²) in [6.07, 6.45) is 2.01. The number of carbonyl (C=O) groups is 1. The highest BCUT2D eigenvalue weighted by Crippen LogP contribution is 2.17. The first kappa shape index (κ1) is 14.6. The van der Waals surface area contributed by atoms with Crippen LogP contribution in [0, 0.1) is 5.82 Å². The Morgan fingerprint density at radius 3 is 2.86 bits per heavy atom. The van der Waals surface area contributed by atoms with Crippen LogP contribution in [0.5, 0.6) is 0 Å². The van der Waals surface area contributed by atoms with Gasteiger partial charge >= 0.3 is 0 Å². The van der Waals surface area contributed by atoms with Crippen LogP contribution in [0.25, 0.3) is 0 Å². The Labute approximate surface area is 120 Å². The van der Waals surface area contributed by atoms with Crippen molar-refractivity contribution >= 4 is 17.4 Å². The number of anilines is 1. The van der Waals surface area contributed by atoms with Gasteiger partial charge in [0.1, 0.15) is 11.6 Å². The maximum absolute atomic E-state index is 13.5. The lowest BCUT2D eigenvalue weighted by molar-refractivity contribution is 0.102. The van der Waals surface area contributed by atoms with Crippen LogP contribution in [0.3, 0.4) is 0 Å². The fourth-order valence-corrected chi connectivity index (χ4v) is 1.87. The summed E-state index contributed by atoms with van der Waals surface area (Å²) in [5.74, 6) is -0.842. The maximum atomic E-state index is 13.5. The van der Waals surface area contributed by atoms with E-state index in [0.717, 1.165) is 6.07 Å². The minimum Gasteiger partial charge on any atom is -0.469 e. The third kappa shape index (κ3) is 3.02. The van der Waals surface area contributed by atoms with Crippen molar-refractivity contribution in [1.29, 1.82) is 0 Å². The Bertz CT molecular complexity index is 695. The van der Waals surface area contributed by atoms with E-state index in [1.165, 1.54) is 18.4 Å². The van der Waals surface area contributed by atoms with Gasteiger partial charge in [0.15, 0.2) is 5.84 Å². The van der Waals surface area contributed by atoms with Gasteiger partial charge in [-0.05, 0) is 24.3 Å². The maximum Gasteiger partial charge on any atom is 0.259 e. The highest BCUT2D eigenvalue weighted by molar-refractivity contribution is 6.06. The molecule has 0 aliphatic heterocycles. The molecule has 0 atom stereocenters. The van der Waals surface area contributed by atoms with Crippen LogP contribution < -0.4 is 11.1 Å². The van der Waals surface area contributed by atoms with Crippen molar-refractivity contribution in [1.82, 2.24) is 0 Å². The van der Waals surface area contributed by atoms with E-state index >= 15 is 0 Å². The van der Waals surface area contributed by atoms with Gasteiger partial charge in [-0.2, -0.15) is 0 Å². The van der Waals surface area contributed by atoms with Crippen molar-refractivity contribution in [2.45, 2.75) is 13.3 Å². The van der Waals surface area contributed by atoms with E-state index in [0.29, 0.717) is 23.4 Å². The molecule has 7 heteroatoms. The average Bonchev–Trinajstić information content (AvgIpc) is 2.97. The van der Waals surface area contributed by atoms with Crippen LogP contribution in [0.15, 0.2) is 40.1 Å². The van der Waals surface area contributed by atoms with E-state index < -0.39 is 5.82 Å². The van der Waals surface area contributed by atoms with Crippen LogP contribution in [0.4, 0.5) is 10.1 Å². The van der Waals surface area contributed by atoms with Gasteiger partial charge in [-0.25, -0.2) is 4.39 Å². The summed E-state index contributed by atoms with van der Waals surface area (Å²) >= 11 is 0. The fraction of sp³-hybridized carbons (Fsp3) is 0.143. The molecule has 2 aromatic rings. The van der Waals surface area contributed by atoms with Crippen molar-refractivity contribution in [2.24, 2.45) is 10.9 Å². The Morgan fingerprint density at radius 2 is 2.19 bits per heavy atom. The molecule has 2 rings (SSSR count). The van der Waals surface area contributed by atoms with Gasteiger partial charge < -0.3 is 20.7 Å². The Morgan fingerprint density at radius 1 is 1.43 bits per heavy atom. The largest absolute Gasteiger partial charge is 0.469 e. The second-order valence-electron chi connectivity index (χ2n) is 4.24. The molecule has 110 valence electrons. The van der Waals surface area contributed by atoms with Crippen LogP contribution in [-0.4, -0.2) is 17.0 Å². The van der Waals surface area contributed by atoms with Crippen molar-refractivity contribution in [3.63, 3.8) is 0 Å². The van der Waals surface area contributed by atoms with E-state index in [9.17, 15) is 9.18 Å². The fourth-order valence-electron chi connectivity index (χ4n) is 1.87. The number of nitrogens with two attached hydrogens (primary N) is 1. The Kier molecular flexibility index (Phi) is 4.22. The molecule has 1 aromatic carbocycles. The predicted octanol–water partition coefficient (Wildman–Crippen LogP) is 2.33. The molecule has 4 N–H and O–H groups in total. The number of nitrogens with zero attached hydrogens (tertiary/aromatic N) is 1. The summed E-state index contributed by atoms with van der Waals surface area (Å²) in [7, 11) is 0. The van der Waals surface area contributed by atoms with Crippen LogP contribution >= 0.6 is 0 Å². The first-order valence-corrected chi connectivity index (χ1v) is 6.22. The molecular formula is C14H14FN3O3. The van der Waals surface area contributed by atoms with E-state index in [4.69, 9.17) is 15.4 Å². The number of rotatable bonds is 4. The number of halogens is 1. The molecule has 0 saturated carbocycles. The smallest absolute Gasteiger partial charge is 0.259 e. The van der Waals surface area contributed by atoms with Crippen LogP contribution in [-0.2, 0) is 6.42 Å². The van der Waals surface area contributed by atoms with Gasteiger partial charge in [0.25, 0.3) is 5.91 Å². The molecule has 0 unspecified atom stereocenters. The quantitative estimate of drug-likeness (QED) is 0.348. The predicted molar refractivity (Wildman–Crippen MR) is 75.0 cm³/mol. The van der Waals surface area contributed by atoms with Crippen molar-refractivity contribution in [3.8, 4) is 0 Å². The lowest BCUT2D eigenvalue weighted by atomic mass is 10.1. The minimum absolute atomic E-state index is 0.0989. The third-order valence-corrected chi connectivity index (χ3v) is 2.92. The highest BCUT2D eigenvalue weighted by atomic mass is 19.1. The van der Waals surface area contributed by atoms with Crippen molar-refractivity contribution < 1.29 is 18.8 Å². The summed E-state index contributed by atoms with van der Waals surface area (Å²) in [4.78, 5) is 12.1. The molecule has 0 fully saturated rings. The topological polar surface area (TPSA) is 101 Å². The summed E-state index contributed by atoms with van der Waals surface area (Å²) in [6.45, 7) is 1.87. The molecule has 0 aliphatic carbocycles. The second-order valence-corrected chi connectivity index (χ2v) is 4.24. The standard InChI is InChI=1S/C14H14FN3O3/c1-2-12-9(5-6-21-12)14(19)17-8-3-4-11(15)10(7-8)13(16)18-20/h3-7,20H,2H2,1H3,(H2,16,18)(H,17,19). The number of amides is 1. The summed E-state index contributed by atoms with van der Waals surface area (Å²) in [5.41, 5.74) is 6.00. The number of hydrogen-bond donors (Lipinski definition) is 3. The molecule has 0 radical (unpaired) electrons. The number of benzene rings is 1. The number of hydrogen-bond acceptors (Lipinski definition) is 4. The first-order valence-electron chi connectivity index (χ1n) is 6.22. The normalized spacial score (nSPS) is 11.4. The molecule has 1 aromatic heterocycles. The number of aryl methyl sites for hydroxylation is 1. The molecule has 1 heterocycles. The van der Waals surface area contributed by atoms with Gasteiger partial charge in [0.05, 0.1) is 17.4 Å². The van der Waals surface area contributed by atoms with Crippen molar-refractivity contribution in [3.05, 3.63) is 53.2 Å². The molecule has 0 bridgehead atoms. The molecule has 0 aliphatic rings. The van der Waals surface area contributed by atoms with Crippen LogP contribution in [0.1, 0.15) is 28.6 Å². The van der Waals surface area contributed by atoms with Gasteiger partial charge in [-0.3, -0.25) is 4.79 Å². The van der Waals surface area contributed by atoms with Crippen LogP contribution in [0.2, 0.25) is 0 Å². The number of furan rings is 1. The molecule has 21 heavy (non-hydrogen) atoms. The molecule has 0 saturated heterocycles. The lowest BCUT2D eigenvalue weighted by Crippen LogP contribution is -2.17. The van der Waals surface area contributed by atoms with E-state index in [2.05, 4.69) is 10.5 Å². The third-order valence-electron chi connectivity index (χ3n) is 2.92. The average molecular weight is 291 g/mol. The number of carbonyl (C=O) groups excluding carboxylic acids is 1. The molecule has 0 spiro atoms. The minimum atomic E-state index is -0.652. The first-order chi connectivity index (χ1) is 10.1. The number of nitrogens with one attached hydrogen (secondary N) is 1. The second kappa shape index (κ2) is 6.08. The summed E-state index contributed by atoms with van der Waals surface area (Å²) in [6, 6.07) is 5.35. The van der Waals surface area contributed by atoms with Gasteiger partial charge in [0, 0.05) is 12.1 Å². The number of amidine groups is 1. The van der Waals surface area contributed by atoms with E-state index in [1.807, 2.05) is 6.92 Å². The molecule has 6 nitrogen and oxygen atoms in total. The summed E-state index contributed by atoms with van der Waals surface area (Å²) < 4.78 is 18.7. The SMILES string of the molecule is CCc1occc1C(=O)Nc1ccc(F)c(/C(N)=N/O)c1. The number of oxime groups is 1. The van der Waals surface area contributed by atoms with Gasteiger partial charge in [0.2, 0.25) is 0 Å². The lowest BCUT2D eigenvalue weighted by Gasteiger charge is -2.07. The summed E-state index contributed by atoms with van der Waals surface area (Å²) in [5, 5.41) is 14.0. The zero-order valence-electron chi connectivity index (χ0n) is 11.3. The zero-order chi connectivity index (χ0) is 15.4.